The van der Waals surface area contributed by atoms with E-state index in [4.69, 9.17) is 16.1 Å². The summed E-state index contributed by atoms with van der Waals surface area (Å²) in [4.78, 5) is 4.39. The molecule has 0 amide bonds. The standard InChI is InChI=1S/C20H15ClF3N3O2/c1-2-9-27-10-8-13-14(4-3-5-16(13)27)18-25-19(29-26-18)12-6-7-17(15(21)11-12)28-20(22,23)24/h3-8,10-11H,2,9H2,1H3. The molecule has 0 saturated heterocycles. The van der Waals surface area contributed by atoms with Gasteiger partial charge in [0, 0.05) is 34.8 Å². The highest BCUT2D eigenvalue weighted by molar-refractivity contribution is 6.32. The van der Waals surface area contributed by atoms with Gasteiger partial charge in [-0.15, -0.1) is 13.2 Å². The Hall–Kier alpha value is -3.00. The Labute approximate surface area is 168 Å². The molecule has 29 heavy (non-hydrogen) atoms. The molecule has 2 heterocycles. The van der Waals surface area contributed by atoms with Gasteiger partial charge in [-0.2, -0.15) is 4.98 Å². The van der Waals surface area contributed by atoms with Gasteiger partial charge >= 0.3 is 6.36 Å². The molecule has 0 aliphatic carbocycles. The van der Waals surface area contributed by atoms with E-state index in [-0.39, 0.29) is 10.9 Å². The third kappa shape index (κ3) is 3.93. The molecule has 0 saturated carbocycles. The molecule has 2 aromatic carbocycles. The van der Waals surface area contributed by atoms with Crippen LogP contribution >= 0.6 is 11.6 Å². The zero-order valence-corrected chi connectivity index (χ0v) is 16.0. The van der Waals surface area contributed by atoms with E-state index in [1.165, 1.54) is 12.1 Å². The molecular formula is C20H15ClF3N3O2. The largest absolute Gasteiger partial charge is 0.573 e. The Morgan fingerprint density at radius 2 is 2.00 bits per heavy atom. The van der Waals surface area contributed by atoms with Crippen molar-refractivity contribution in [1.29, 1.82) is 0 Å². The van der Waals surface area contributed by atoms with Crippen molar-refractivity contribution in [3.63, 3.8) is 0 Å². The van der Waals surface area contributed by atoms with E-state index in [1.54, 1.807) is 0 Å². The van der Waals surface area contributed by atoms with E-state index in [0.29, 0.717) is 11.4 Å². The minimum atomic E-state index is -4.82. The predicted octanol–water partition coefficient (Wildman–Crippen LogP) is 6.32. The summed E-state index contributed by atoms with van der Waals surface area (Å²) in [5, 5.41) is 4.81. The van der Waals surface area contributed by atoms with Crippen molar-refractivity contribution in [2.45, 2.75) is 26.3 Å². The average Bonchev–Trinajstić information content (AvgIpc) is 3.30. The highest BCUT2D eigenvalue weighted by Crippen LogP contribution is 2.34. The number of nitrogens with zero attached hydrogens (tertiary/aromatic N) is 3. The topological polar surface area (TPSA) is 53.1 Å². The number of aryl methyl sites for hydroxylation is 1. The molecule has 0 aliphatic heterocycles. The summed E-state index contributed by atoms with van der Waals surface area (Å²) in [6.45, 7) is 3.01. The zero-order valence-electron chi connectivity index (χ0n) is 15.2. The highest BCUT2D eigenvalue weighted by atomic mass is 35.5. The van der Waals surface area contributed by atoms with E-state index in [2.05, 4.69) is 26.4 Å². The van der Waals surface area contributed by atoms with Gasteiger partial charge in [0.2, 0.25) is 5.82 Å². The summed E-state index contributed by atoms with van der Waals surface area (Å²) in [6.07, 6.45) is -1.80. The lowest BCUT2D eigenvalue weighted by Crippen LogP contribution is -2.17. The second kappa shape index (κ2) is 7.44. The molecule has 2 aromatic heterocycles. The van der Waals surface area contributed by atoms with E-state index in [9.17, 15) is 13.2 Å². The molecule has 150 valence electrons. The molecule has 0 fully saturated rings. The molecule has 4 aromatic rings. The Morgan fingerprint density at radius 1 is 1.17 bits per heavy atom. The zero-order chi connectivity index (χ0) is 20.6. The molecule has 0 atom stereocenters. The summed E-state index contributed by atoms with van der Waals surface area (Å²) in [6, 6.07) is 11.6. The van der Waals surface area contributed by atoms with Gasteiger partial charge in [-0.05, 0) is 36.8 Å². The summed E-state index contributed by atoms with van der Waals surface area (Å²) >= 11 is 5.90. The maximum absolute atomic E-state index is 12.4. The van der Waals surface area contributed by atoms with Crippen LogP contribution in [-0.4, -0.2) is 21.1 Å². The number of hydrogen-bond acceptors (Lipinski definition) is 4. The number of ether oxygens (including phenoxy) is 1. The minimum absolute atomic E-state index is 0.144. The number of halogens is 4. The molecule has 0 N–H and O–H groups in total. The number of benzene rings is 2. The fourth-order valence-corrected chi connectivity index (χ4v) is 3.36. The number of alkyl halides is 3. The number of aromatic nitrogens is 3. The molecule has 9 heteroatoms. The summed E-state index contributed by atoms with van der Waals surface area (Å²) < 4.78 is 48.5. The lowest BCUT2D eigenvalue weighted by Gasteiger charge is -2.10. The van der Waals surface area contributed by atoms with Gasteiger partial charge in [0.15, 0.2) is 0 Å². The van der Waals surface area contributed by atoms with Gasteiger partial charge in [-0.1, -0.05) is 35.8 Å². The van der Waals surface area contributed by atoms with Gasteiger partial charge in [0.1, 0.15) is 5.75 Å². The lowest BCUT2D eigenvalue weighted by molar-refractivity contribution is -0.274. The first-order valence-corrected chi connectivity index (χ1v) is 9.21. The van der Waals surface area contributed by atoms with Crippen LogP contribution in [0.25, 0.3) is 33.7 Å². The second-order valence-corrected chi connectivity index (χ2v) is 6.77. The molecule has 5 nitrogen and oxygen atoms in total. The summed E-state index contributed by atoms with van der Waals surface area (Å²) in [7, 11) is 0. The first kappa shape index (κ1) is 19.3. The maximum atomic E-state index is 12.4. The summed E-state index contributed by atoms with van der Waals surface area (Å²) in [5.41, 5.74) is 2.25. The van der Waals surface area contributed by atoms with Crippen molar-refractivity contribution in [3.05, 3.63) is 53.7 Å². The SMILES string of the molecule is CCCn1ccc2c(-c3noc(-c4ccc(OC(F)(F)F)c(Cl)c4)n3)cccc21. The average molecular weight is 422 g/mol. The van der Waals surface area contributed by atoms with Crippen LogP contribution < -0.4 is 4.74 Å². The Morgan fingerprint density at radius 3 is 2.72 bits per heavy atom. The quantitative estimate of drug-likeness (QED) is 0.378. The maximum Gasteiger partial charge on any atom is 0.573 e. The second-order valence-electron chi connectivity index (χ2n) is 6.36. The third-order valence-corrected chi connectivity index (χ3v) is 4.65. The molecule has 0 radical (unpaired) electrons. The number of hydrogen-bond donors (Lipinski definition) is 0. The normalized spacial score (nSPS) is 11.9. The van der Waals surface area contributed by atoms with E-state index < -0.39 is 12.1 Å². The van der Waals surface area contributed by atoms with Gasteiger partial charge in [-0.3, -0.25) is 0 Å². The van der Waals surface area contributed by atoms with Gasteiger partial charge < -0.3 is 13.8 Å². The van der Waals surface area contributed by atoms with Crippen molar-refractivity contribution in [3.8, 4) is 28.6 Å². The van der Waals surface area contributed by atoms with Crippen LogP contribution in [0.1, 0.15) is 13.3 Å². The van der Waals surface area contributed by atoms with Crippen molar-refractivity contribution in [1.82, 2.24) is 14.7 Å². The number of fused-ring (bicyclic) bond motifs is 1. The van der Waals surface area contributed by atoms with Crippen molar-refractivity contribution >= 4 is 22.5 Å². The Kier molecular flexibility index (Phi) is 4.96. The van der Waals surface area contributed by atoms with Gasteiger partial charge in [0.25, 0.3) is 5.89 Å². The van der Waals surface area contributed by atoms with E-state index >= 15 is 0 Å². The minimum Gasteiger partial charge on any atom is -0.404 e. The molecule has 4 rings (SSSR count). The lowest BCUT2D eigenvalue weighted by atomic mass is 10.1. The van der Waals surface area contributed by atoms with Crippen LogP contribution in [0.5, 0.6) is 5.75 Å². The fraction of sp³-hybridized carbons (Fsp3) is 0.200. The monoisotopic (exact) mass is 421 g/mol. The molecule has 0 spiro atoms. The van der Waals surface area contributed by atoms with Crippen molar-refractivity contribution in [2.75, 3.05) is 0 Å². The molecule has 0 aliphatic rings. The fourth-order valence-electron chi connectivity index (χ4n) is 3.15. The smallest absolute Gasteiger partial charge is 0.404 e. The Bertz CT molecular complexity index is 1170. The number of rotatable bonds is 5. The Balaban J connectivity index is 1.67. The van der Waals surface area contributed by atoms with Crippen LogP contribution in [0.15, 0.2) is 53.2 Å². The van der Waals surface area contributed by atoms with Crippen LogP contribution in [0.2, 0.25) is 5.02 Å². The van der Waals surface area contributed by atoms with E-state index in [1.807, 2.05) is 30.5 Å². The first-order chi connectivity index (χ1) is 13.9. The van der Waals surface area contributed by atoms with Crippen LogP contribution in [0.4, 0.5) is 13.2 Å². The van der Waals surface area contributed by atoms with Crippen LogP contribution in [0.3, 0.4) is 0 Å². The predicted molar refractivity (Wildman–Crippen MR) is 103 cm³/mol. The van der Waals surface area contributed by atoms with Crippen LogP contribution in [-0.2, 0) is 6.54 Å². The first-order valence-electron chi connectivity index (χ1n) is 8.83. The molecule has 0 unspecified atom stereocenters. The van der Waals surface area contributed by atoms with Crippen molar-refractivity contribution in [2.24, 2.45) is 0 Å². The third-order valence-electron chi connectivity index (χ3n) is 4.35. The van der Waals surface area contributed by atoms with Crippen LogP contribution in [0, 0.1) is 0 Å². The summed E-state index contributed by atoms with van der Waals surface area (Å²) in [5.74, 6) is 0.0294. The highest BCUT2D eigenvalue weighted by Gasteiger charge is 2.32. The molecular weight excluding hydrogens is 407 g/mol. The van der Waals surface area contributed by atoms with Gasteiger partial charge in [-0.25, -0.2) is 0 Å². The van der Waals surface area contributed by atoms with Gasteiger partial charge in [0.05, 0.1) is 5.02 Å². The molecule has 0 bridgehead atoms. The van der Waals surface area contributed by atoms with E-state index in [0.717, 1.165) is 35.5 Å². The van der Waals surface area contributed by atoms with Crippen molar-refractivity contribution < 1.29 is 22.4 Å².